The Morgan fingerprint density at radius 3 is 2.76 bits per heavy atom. The molecule has 2 aliphatic rings. The number of aryl methyl sites for hydroxylation is 1. The zero-order chi connectivity index (χ0) is 17.4. The Bertz CT molecular complexity index is 788. The second-order valence-corrected chi connectivity index (χ2v) is 8.11. The van der Waals surface area contributed by atoms with E-state index < -0.39 is 0 Å². The van der Waals surface area contributed by atoms with Crippen LogP contribution < -0.4 is 5.32 Å². The number of carbonyl (C=O) groups excluding carboxylic acids is 1. The van der Waals surface area contributed by atoms with Crippen molar-refractivity contribution in [3.8, 4) is 0 Å². The van der Waals surface area contributed by atoms with Gasteiger partial charge in [0.25, 0.3) is 0 Å². The minimum absolute atomic E-state index is 0.0406. The lowest BCUT2D eigenvalue weighted by Crippen LogP contribution is -2.51. The van der Waals surface area contributed by atoms with Crippen LogP contribution in [0.1, 0.15) is 38.5 Å². The van der Waals surface area contributed by atoms with Crippen LogP contribution in [-0.4, -0.2) is 23.7 Å². The van der Waals surface area contributed by atoms with E-state index in [1.807, 2.05) is 36.0 Å². The molecule has 5 heteroatoms. The van der Waals surface area contributed by atoms with E-state index in [1.165, 1.54) is 32.1 Å². The minimum atomic E-state index is 0.0406. The maximum absolute atomic E-state index is 12.8. The van der Waals surface area contributed by atoms with Crippen molar-refractivity contribution in [1.82, 2.24) is 4.57 Å². The molecule has 25 heavy (non-hydrogen) atoms. The summed E-state index contributed by atoms with van der Waals surface area (Å²) in [6, 6.07) is 5.81. The van der Waals surface area contributed by atoms with E-state index in [0.29, 0.717) is 17.4 Å². The molecular formula is C20H25ClN2O2. The Morgan fingerprint density at radius 2 is 2.08 bits per heavy atom. The molecule has 4 nitrogen and oxygen atoms in total. The molecule has 1 N–H and O–H groups in total. The van der Waals surface area contributed by atoms with Crippen LogP contribution in [-0.2, 0) is 16.6 Å². The number of anilines is 1. The topological polar surface area (TPSA) is 43.3 Å². The van der Waals surface area contributed by atoms with Gasteiger partial charge in [0, 0.05) is 30.5 Å². The number of rotatable bonds is 4. The van der Waals surface area contributed by atoms with Gasteiger partial charge < -0.3 is 14.6 Å². The van der Waals surface area contributed by atoms with E-state index in [1.54, 1.807) is 0 Å². The van der Waals surface area contributed by atoms with Gasteiger partial charge in [0.1, 0.15) is 0 Å². The van der Waals surface area contributed by atoms with E-state index in [-0.39, 0.29) is 11.3 Å². The maximum Gasteiger partial charge on any atom is 0.225 e. The summed E-state index contributed by atoms with van der Waals surface area (Å²) in [5.74, 6) is 0.693. The SMILES string of the molecule is Cn1cc(NC(=O)CC2(C3CCCCC3)COC2)c2c(Cl)cccc21. The third-order valence-corrected chi connectivity index (χ3v) is 6.32. The smallest absolute Gasteiger partial charge is 0.225 e. The third kappa shape index (κ3) is 3.06. The number of carbonyl (C=O) groups is 1. The number of benzene rings is 1. The molecule has 0 bridgehead atoms. The average molecular weight is 361 g/mol. The van der Waals surface area contributed by atoms with Gasteiger partial charge in [-0.15, -0.1) is 0 Å². The van der Waals surface area contributed by atoms with Crippen molar-refractivity contribution in [2.24, 2.45) is 18.4 Å². The van der Waals surface area contributed by atoms with E-state index in [0.717, 1.165) is 29.8 Å². The number of nitrogens with zero attached hydrogens (tertiary/aromatic N) is 1. The summed E-state index contributed by atoms with van der Waals surface area (Å²) in [5.41, 5.74) is 1.86. The Labute approximate surface area is 153 Å². The van der Waals surface area contributed by atoms with Gasteiger partial charge in [-0.2, -0.15) is 0 Å². The number of nitrogens with one attached hydrogen (secondary N) is 1. The van der Waals surface area contributed by atoms with Gasteiger partial charge in [-0.05, 0) is 30.9 Å². The number of ether oxygens (including phenoxy) is 1. The normalized spacial score (nSPS) is 20.4. The molecule has 2 aromatic rings. The van der Waals surface area contributed by atoms with E-state index in [2.05, 4.69) is 5.32 Å². The first kappa shape index (κ1) is 16.9. The average Bonchev–Trinajstić information content (AvgIpc) is 2.89. The molecule has 134 valence electrons. The van der Waals surface area contributed by atoms with Gasteiger partial charge >= 0.3 is 0 Å². The lowest BCUT2D eigenvalue weighted by Gasteiger charge is -2.48. The monoisotopic (exact) mass is 360 g/mol. The predicted octanol–water partition coefficient (Wildman–Crippen LogP) is 4.76. The van der Waals surface area contributed by atoms with Crippen molar-refractivity contribution in [3.05, 3.63) is 29.4 Å². The van der Waals surface area contributed by atoms with Gasteiger partial charge in [-0.1, -0.05) is 36.9 Å². The highest BCUT2D eigenvalue weighted by molar-refractivity contribution is 6.36. The molecule has 0 unspecified atom stereocenters. The highest BCUT2D eigenvalue weighted by atomic mass is 35.5. The Hall–Kier alpha value is -1.52. The molecule has 4 rings (SSSR count). The highest BCUT2D eigenvalue weighted by Crippen LogP contribution is 2.46. The zero-order valence-electron chi connectivity index (χ0n) is 14.7. The van der Waals surface area contributed by atoms with Crippen molar-refractivity contribution >= 4 is 34.1 Å². The fourth-order valence-electron chi connectivity index (χ4n) is 4.57. The van der Waals surface area contributed by atoms with Crippen LogP contribution in [0.3, 0.4) is 0 Å². The summed E-state index contributed by atoms with van der Waals surface area (Å²) in [5, 5.41) is 4.69. The highest BCUT2D eigenvalue weighted by Gasteiger charge is 2.47. The number of aromatic nitrogens is 1. The van der Waals surface area contributed by atoms with Crippen LogP contribution in [0.5, 0.6) is 0 Å². The number of halogens is 1. The van der Waals surface area contributed by atoms with Crippen LogP contribution in [0.2, 0.25) is 5.02 Å². The first-order valence-electron chi connectivity index (χ1n) is 9.20. The molecule has 0 spiro atoms. The Balaban J connectivity index is 1.52. The zero-order valence-corrected chi connectivity index (χ0v) is 15.4. The molecule has 1 aromatic carbocycles. The molecule has 2 fully saturated rings. The lowest BCUT2D eigenvalue weighted by atomic mass is 9.65. The molecule has 1 aliphatic carbocycles. The van der Waals surface area contributed by atoms with Crippen LogP contribution >= 0.6 is 11.6 Å². The molecule has 0 radical (unpaired) electrons. The molecule has 0 atom stereocenters. The van der Waals surface area contributed by atoms with Crippen LogP contribution in [0.25, 0.3) is 10.9 Å². The van der Waals surface area contributed by atoms with Gasteiger partial charge in [0.2, 0.25) is 5.91 Å². The summed E-state index contributed by atoms with van der Waals surface area (Å²) < 4.78 is 7.53. The predicted molar refractivity (Wildman–Crippen MR) is 101 cm³/mol. The standard InChI is InChI=1S/C20H25ClN2O2/c1-23-11-16(19-15(21)8-5-9-17(19)23)22-18(24)10-20(12-25-13-20)14-6-3-2-4-7-14/h5,8-9,11,14H,2-4,6-7,10,12-13H2,1H3,(H,22,24). The molecular weight excluding hydrogens is 336 g/mol. The summed E-state index contributed by atoms with van der Waals surface area (Å²) in [6.07, 6.45) is 8.85. The fraction of sp³-hybridized carbons (Fsp3) is 0.550. The van der Waals surface area contributed by atoms with Crippen LogP contribution in [0.15, 0.2) is 24.4 Å². The van der Waals surface area contributed by atoms with E-state index in [4.69, 9.17) is 16.3 Å². The maximum atomic E-state index is 12.8. The van der Waals surface area contributed by atoms with Gasteiger partial charge in [-0.25, -0.2) is 0 Å². The Kier molecular flexibility index (Phi) is 4.50. The number of hydrogen-bond acceptors (Lipinski definition) is 2. The Morgan fingerprint density at radius 1 is 1.32 bits per heavy atom. The van der Waals surface area contributed by atoms with Gasteiger partial charge in [0.05, 0.1) is 29.4 Å². The first-order valence-corrected chi connectivity index (χ1v) is 9.58. The van der Waals surface area contributed by atoms with Crippen molar-refractivity contribution in [2.75, 3.05) is 18.5 Å². The van der Waals surface area contributed by atoms with Crippen molar-refractivity contribution < 1.29 is 9.53 Å². The first-order chi connectivity index (χ1) is 12.1. The van der Waals surface area contributed by atoms with Crippen LogP contribution in [0, 0.1) is 11.3 Å². The molecule has 1 saturated carbocycles. The summed E-state index contributed by atoms with van der Waals surface area (Å²) in [6.45, 7) is 1.45. The molecule has 1 amide bonds. The molecule has 2 heterocycles. The largest absolute Gasteiger partial charge is 0.380 e. The fourth-order valence-corrected chi connectivity index (χ4v) is 4.84. The minimum Gasteiger partial charge on any atom is -0.380 e. The summed E-state index contributed by atoms with van der Waals surface area (Å²) in [7, 11) is 1.97. The van der Waals surface area contributed by atoms with E-state index in [9.17, 15) is 4.79 Å². The summed E-state index contributed by atoms with van der Waals surface area (Å²) in [4.78, 5) is 12.8. The number of hydrogen-bond donors (Lipinski definition) is 1. The van der Waals surface area contributed by atoms with Crippen molar-refractivity contribution in [2.45, 2.75) is 38.5 Å². The number of fused-ring (bicyclic) bond motifs is 1. The quantitative estimate of drug-likeness (QED) is 0.854. The van der Waals surface area contributed by atoms with Crippen molar-refractivity contribution in [3.63, 3.8) is 0 Å². The molecule has 1 aliphatic heterocycles. The van der Waals surface area contributed by atoms with Crippen molar-refractivity contribution in [1.29, 1.82) is 0 Å². The molecule has 1 saturated heterocycles. The lowest BCUT2D eigenvalue weighted by molar-refractivity contribution is -0.163. The van der Waals surface area contributed by atoms with E-state index >= 15 is 0 Å². The second kappa shape index (κ2) is 6.65. The van der Waals surface area contributed by atoms with Gasteiger partial charge in [0.15, 0.2) is 0 Å². The second-order valence-electron chi connectivity index (χ2n) is 7.70. The van der Waals surface area contributed by atoms with Gasteiger partial charge in [-0.3, -0.25) is 4.79 Å². The molecule has 1 aromatic heterocycles. The third-order valence-electron chi connectivity index (χ3n) is 6.00. The number of amides is 1. The summed E-state index contributed by atoms with van der Waals surface area (Å²) >= 11 is 6.37. The van der Waals surface area contributed by atoms with Crippen LogP contribution in [0.4, 0.5) is 5.69 Å².